The minimum Gasteiger partial charge on any atom is -0.494 e. The standard InChI is InChI=1S/C18H27NO2/c1-3-4-11-20-14-7-8-17-15(12-14)16(19-2)13-18(21-17)9-5-6-10-18/h7-8,12,16,19H,3-6,9-11,13H2,1-2H3. The Balaban J connectivity index is 1.80. The molecule has 1 spiro atoms. The van der Waals surface area contributed by atoms with Crippen LogP contribution in [-0.4, -0.2) is 19.3 Å². The number of ether oxygens (including phenoxy) is 2. The van der Waals surface area contributed by atoms with Gasteiger partial charge in [-0.2, -0.15) is 0 Å². The summed E-state index contributed by atoms with van der Waals surface area (Å²) in [7, 11) is 2.05. The average molecular weight is 289 g/mol. The predicted octanol–water partition coefficient (Wildman–Crippen LogP) is 4.22. The van der Waals surface area contributed by atoms with Crippen molar-refractivity contribution in [2.75, 3.05) is 13.7 Å². The topological polar surface area (TPSA) is 30.5 Å². The van der Waals surface area contributed by atoms with E-state index in [-0.39, 0.29) is 5.60 Å². The van der Waals surface area contributed by atoms with Crippen molar-refractivity contribution in [2.24, 2.45) is 0 Å². The van der Waals surface area contributed by atoms with Crippen LogP contribution in [0.25, 0.3) is 0 Å². The molecule has 3 nitrogen and oxygen atoms in total. The van der Waals surface area contributed by atoms with Crippen molar-refractivity contribution >= 4 is 0 Å². The Morgan fingerprint density at radius 3 is 2.86 bits per heavy atom. The summed E-state index contributed by atoms with van der Waals surface area (Å²) < 4.78 is 12.2. The van der Waals surface area contributed by atoms with Gasteiger partial charge in [0.1, 0.15) is 17.1 Å². The molecule has 0 aromatic heterocycles. The first-order chi connectivity index (χ1) is 10.3. The lowest BCUT2D eigenvalue weighted by Gasteiger charge is -2.40. The van der Waals surface area contributed by atoms with Crippen molar-refractivity contribution in [3.8, 4) is 11.5 Å². The van der Waals surface area contributed by atoms with Crippen LogP contribution in [0.1, 0.15) is 63.5 Å². The zero-order chi connectivity index (χ0) is 14.7. The van der Waals surface area contributed by atoms with Gasteiger partial charge < -0.3 is 14.8 Å². The smallest absolute Gasteiger partial charge is 0.125 e. The van der Waals surface area contributed by atoms with E-state index in [1.807, 2.05) is 7.05 Å². The van der Waals surface area contributed by atoms with E-state index in [1.165, 1.54) is 31.2 Å². The number of nitrogens with one attached hydrogen (secondary N) is 1. The van der Waals surface area contributed by atoms with E-state index in [1.54, 1.807) is 0 Å². The Hall–Kier alpha value is -1.22. The molecule has 1 fully saturated rings. The average Bonchev–Trinajstić information content (AvgIpc) is 2.95. The molecule has 1 aromatic carbocycles. The molecule has 2 aliphatic rings. The van der Waals surface area contributed by atoms with Gasteiger partial charge in [0.2, 0.25) is 0 Å². The second-order valence-corrected chi connectivity index (χ2v) is 6.44. The van der Waals surface area contributed by atoms with E-state index in [2.05, 4.69) is 30.4 Å². The summed E-state index contributed by atoms with van der Waals surface area (Å²) >= 11 is 0. The van der Waals surface area contributed by atoms with Crippen molar-refractivity contribution in [3.05, 3.63) is 23.8 Å². The summed E-state index contributed by atoms with van der Waals surface area (Å²) in [5.74, 6) is 2.01. The third-order valence-electron chi connectivity index (χ3n) is 4.89. The van der Waals surface area contributed by atoms with Crippen molar-refractivity contribution in [1.29, 1.82) is 0 Å². The number of fused-ring (bicyclic) bond motifs is 1. The Bertz CT molecular complexity index is 480. The van der Waals surface area contributed by atoms with Crippen molar-refractivity contribution in [2.45, 2.75) is 63.5 Å². The van der Waals surface area contributed by atoms with Crippen molar-refractivity contribution in [1.82, 2.24) is 5.32 Å². The monoisotopic (exact) mass is 289 g/mol. The summed E-state index contributed by atoms with van der Waals surface area (Å²) in [6.07, 6.45) is 8.32. The Morgan fingerprint density at radius 2 is 2.14 bits per heavy atom. The molecule has 1 heterocycles. The maximum absolute atomic E-state index is 6.40. The Labute approximate surface area is 128 Å². The van der Waals surface area contributed by atoms with Crippen LogP contribution < -0.4 is 14.8 Å². The molecule has 0 saturated heterocycles. The van der Waals surface area contributed by atoms with Crippen LogP contribution in [0.15, 0.2) is 18.2 Å². The first-order valence-corrected chi connectivity index (χ1v) is 8.39. The second-order valence-electron chi connectivity index (χ2n) is 6.44. The lowest BCUT2D eigenvalue weighted by atomic mass is 9.86. The van der Waals surface area contributed by atoms with Crippen molar-refractivity contribution in [3.63, 3.8) is 0 Å². The van der Waals surface area contributed by atoms with Gasteiger partial charge in [0.25, 0.3) is 0 Å². The number of rotatable bonds is 5. The largest absolute Gasteiger partial charge is 0.494 e. The van der Waals surface area contributed by atoms with Gasteiger partial charge in [-0.25, -0.2) is 0 Å². The van der Waals surface area contributed by atoms with E-state index in [9.17, 15) is 0 Å². The maximum atomic E-state index is 6.40. The summed E-state index contributed by atoms with van der Waals surface area (Å²) in [6, 6.07) is 6.69. The molecule has 0 amide bonds. The summed E-state index contributed by atoms with van der Waals surface area (Å²) in [6.45, 7) is 2.98. The Kier molecular flexibility index (Phi) is 4.39. The molecule has 1 unspecified atom stereocenters. The molecule has 1 aliphatic heterocycles. The highest BCUT2D eigenvalue weighted by Gasteiger charge is 2.42. The van der Waals surface area contributed by atoms with Gasteiger partial charge in [0, 0.05) is 18.0 Å². The maximum Gasteiger partial charge on any atom is 0.125 e. The first kappa shape index (κ1) is 14.7. The zero-order valence-electron chi connectivity index (χ0n) is 13.3. The number of hydrogen-bond donors (Lipinski definition) is 1. The Morgan fingerprint density at radius 1 is 1.33 bits per heavy atom. The van der Waals surface area contributed by atoms with Gasteiger partial charge in [0.15, 0.2) is 0 Å². The predicted molar refractivity (Wildman–Crippen MR) is 85.1 cm³/mol. The molecule has 1 aromatic rings. The highest BCUT2D eigenvalue weighted by Crippen LogP contribution is 2.47. The van der Waals surface area contributed by atoms with E-state index in [0.717, 1.165) is 37.4 Å². The van der Waals surface area contributed by atoms with Crippen LogP contribution >= 0.6 is 0 Å². The molecular formula is C18H27NO2. The molecule has 3 rings (SSSR count). The fourth-order valence-electron chi connectivity index (χ4n) is 3.66. The van der Waals surface area contributed by atoms with E-state index in [4.69, 9.17) is 9.47 Å². The fourth-order valence-corrected chi connectivity index (χ4v) is 3.66. The van der Waals surface area contributed by atoms with Crippen LogP contribution in [0, 0.1) is 0 Å². The highest BCUT2D eigenvalue weighted by atomic mass is 16.5. The highest BCUT2D eigenvalue weighted by molar-refractivity contribution is 5.44. The third kappa shape index (κ3) is 3.03. The number of benzene rings is 1. The van der Waals surface area contributed by atoms with E-state index >= 15 is 0 Å². The number of hydrogen-bond acceptors (Lipinski definition) is 3. The van der Waals surface area contributed by atoms with Gasteiger partial charge in [-0.3, -0.25) is 0 Å². The SMILES string of the molecule is CCCCOc1ccc2c(c1)C(NC)CC1(CCCC1)O2. The normalized spacial score (nSPS) is 22.9. The van der Waals surface area contributed by atoms with Crippen molar-refractivity contribution < 1.29 is 9.47 Å². The molecule has 21 heavy (non-hydrogen) atoms. The van der Waals surface area contributed by atoms with Gasteiger partial charge >= 0.3 is 0 Å². The van der Waals surface area contributed by atoms with Crippen LogP contribution in [0.3, 0.4) is 0 Å². The van der Waals surface area contributed by atoms with E-state index < -0.39 is 0 Å². The molecule has 0 bridgehead atoms. The van der Waals surface area contributed by atoms with Crippen LogP contribution in [-0.2, 0) is 0 Å². The summed E-state index contributed by atoms with van der Waals surface area (Å²) in [5.41, 5.74) is 1.33. The van der Waals surface area contributed by atoms with Crippen LogP contribution in [0.2, 0.25) is 0 Å². The summed E-state index contributed by atoms with van der Waals surface area (Å²) in [4.78, 5) is 0. The molecule has 1 N–H and O–H groups in total. The van der Waals surface area contributed by atoms with Gasteiger partial charge in [-0.15, -0.1) is 0 Å². The number of unbranched alkanes of at least 4 members (excludes halogenated alkanes) is 1. The molecule has 0 radical (unpaired) electrons. The third-order valence-corrected chi connectivity index (χ3v) is 4.89. The van der Waals surface area contributed by atoms with Crippen LogP contribution in [0.5, 0.6) is 11.5 Å². The van der Waals surface area contributed by atoms with Gasteiger partial charge in [-0.1, -0.05) is 13.3 Å². The minimum atomic E-state index is 0.0747. The fraction of sp³-hybridized carbons (Fsp3) is 0.667. The minimum absolute atomic E-state index is 0.0747. The quantitative estimate of drug-likeness (QED) is 0.823. The van der Waals surface area contributed by atoms with E-state index in [0.29, 0.717) is 6.04 Å². The summed E-state index contributed by atoms with van der Waals surface area (Å²) in [5, 5.41) is 3.47. The first-order valence-electron chi connectivity index (χ1n) is 8.39. The second kappa shape index (κ2) is 6.27. The van der Waals surface area contributed by atoms with Crippen LogP contribution in [0.4, 0.5) is 0 Å². The molecular weight excluding hydrogens is 262 g/mol. The molecule has 1 saturated carbocycles. The molecule has 3 heteroatoms. The molecule has 1 atom stereocenters. The molecule has 1 aliphatic carbocycles. The zero-order valence-corrected chi connectivity index (χ0v) is 13.3. The van der Waals surface area contributed by atoms with Gasteiger partial charge in [0.05, 0.1) is 6.61 Å². The van der Waals surface area contributed by atoms with Gasteiger partial charge in [-0.05, 0) is 57.4 Å². The lowest BCUT2D eigenvalue weighted by molar-refractivity contribution is 0.0378. The lowest BCUT2D eigenvalue weighted by Crippen LogP contribution is -2.41. The molecule has 116 valence electrons.